The van der Waals surface area contributed by atoms with Crippen molar-refractivity contribution in [3.05, 3.63) is 12.2 Å². The van der Waals surface area contributed by atoms with Crippen LogP contribution in [0.25, 0.3) is 0 Å². The molecular weight excluding hydrogens is 264 g/mol. The number of halogens is 1. The molecule has 0 saturated carbocycles. The lowest BCUT2D eigenvalue weighted by molar-refractivity contribution is -0.136. The molecule has 0 N–H and O–H groups in total. The summed E-state index contributed by atoms with van der Waals surface area (Å²) in [6.07, 6.45) is 5.16. The summed E-state index contributed by atoms with van der Waals surface area (Å²) in [7, 11) is 5.57. The van der Waals surface area contributed by atoms with Crippen molar-refractivity contribution in [3.63, 3.8) is 0 Å². The second-order valence-corrected chi connectivity index (χ2v) is 6.24. The van der Waals surface area contributed by atoms with E-state index in [1.807, 2.05) is 0 Å². The van der Waals surface area contributed by atoms with Crippen LogP contribution in [-0.4, -0.2) is 67.0 Å². The van der Waals surface area contributed by atoms with Crippen molar-refractivity contribution in [3.8, 4) is 0 Å². The van der Waals surface area contributed by atoms with Gasteiger partial charge in [0.2, 0.25) is 5.91 Å². The van der Waals surface area contributed by atoms with E-state index in [0.29, 0.717) is 12.0 Å². The van der Waals surface area contributed by atoms with Crippen molar-refractivity contribution in [1.82, 2.24) is 9.80 Å². The van der Waals surface area contributed by atoms with Gasteiger partial charge < -0.3 is 9.64 Å². The molecule has 1 saturated heterocycles. The molecule has 0 spiro atoms. The summed E-state index contributed by atoms with van der Waals surface area (Å²) in [6, 6.07) is 0.615. The molecule has 1 fully saturated rings. The van der Waals surface area contributed by atoms with Crippen LogP contribution in [0.4, 0.5) is 0 Å². The Bertz CT molecular complexity index is 372. The summed E-state index contributed by atoms with van der Waals surface area (Å²) in [4.78, 5) is 15.5. The molecule has 0 radical (unpaired) electrons. The van der Waals surface area contributed by atoms with Crippen LogP contribution in [0, 0.1) is 5.92 Å². The van der Waals surface area contributed by atoms with Gasteiger partial charge in [-0.25, -0.2) is 0 Å². The number of carbonyl (C=O) groups is 1. The van der Waals surface area contributed by atoms with Crippen LogP contribution in [0.15, 0.2) is 12.2 Å². The van der Waals surface area contributed by atoms with E-state index in [2.05, 4.69) is 31.0 Å². The number of likely N-dealkylation sites (tertiary alicyclic amines) is 1. The fourth-order valence-corrected chi connectivity index (χ4v) is 3.45. The van der Waals surface area contributed by atoms with Crippen molar-refractivity contribution in [1.29, 1.82) is 0 Å². The van der Waals surface area contributed by atoms with Crippen molar-refractivity contribution in [2.45, 2.75) is 36.9 Å². The average molecular weight is 287 g/mol. The number of hydrogen-bond donors (Lipinski definition) is 0. The lowest BCUT2D eigenvalue weighted by Crippen LogP contribution is -2.45. The van der Waals surface area contributed by atoms with Gasteiger partial charge in [0.15, 0.2) is 0 Å². The predicted octanol–water partition coefficient (Wildman–Crippen LogP) is 1.35. The van der Waals surface area contributed by atoms with Crippen molar-refractivity contribution < 1.29 is 9.53 Å². The summed E-state index contributed by atoms with van der Waals surface area (Å²) < 4.78 is 5.81. The highest BCUT2D eigenvalue weighted by Crippen LogP contribution is 2.40. The number of ether oxygens (including phenoxy) is 1. The van der Waals surface area contributed by atoms with E-state index in [-0.39, 0.29) is 30.0 Å². The normalized spacial score (nSPS) is 38.3. The quantitative estimate of drug-likeness (QED) is 0.580. The Balaban J connectivity index is 2.03. The molecule has 1 heterocycles. The number of amides is 1. The zero-order valence-corrected chi connectivity index (χ0v) is 12.8. The van der Waals surface area contributed by atoms with Gasteiger partial charge in [0.25, 0.3) is 0 Å². The molecule has 1 aliphatic heterocycles. The van der Waals surface area contributed by atoms with Crippen LogP contribution in [0.5, 0.6) is 0 Å². The van der Waals surface area contributed by atoms with Crippen LogP contribution in [0.2, 0.25) is 0 Å². The molecule has 5 atom stereocenters. The Morgan fingerprint density at radius 1 is 1.53 bits per heavy atom. The van der Waals surface area contributed by atoms with Crippen LogP contribution >= 0.6 is 11.6 Å². The molecule has 0 aromatic heterocycles. The fourth-order valence-electron chi connectivity index (χ4n) is 3.02. The highest BCUT2D eigenvalue weighted by atomic mass is 35.5. The highest BCUT2D eigenvalue weighted by molar-refractivity contribution is 6.21. The zero-order valence-electron chi connectivity index (χ0n) is 12.0. The first-order valence-electron chi connectivity index (χ1n) is 6.78. The maximum atomic E-state index is 11.6. The minimum Gasteiger partial charge on any atom is -0.363 e. The molecule has 1 aliphatic carbocycles. The second kappa shape index (κ2) is 5.81. The van der Waals surface area contributed by atoms with Gasteiger partial charge in [-0.05, 0) is 26.3 Å². The minimum absolute atomic E-state index is 0.00774. The molecule has 5 heteroatoms. The van der Waals surface area contributed by atoms with Crippen LogP contribution in [-0.2, 0) is 9.53 Å². The number of fused-ring (bicyclic) bond motifs is 1. The third-order valence-electron chi connectivity index (χ3n) is 4.39. The topological polar surface area (TPSA) is 32.8 Å². The van der Waals surface area contributed by atoms with Gasteiger partial charge in [-0.1, -0.05) is 12.2 Å². The molecule has 4 nitrogen and oxygen atoms in total. The van der Waals surface area contributed by atoms with E-state index in [9.17, 15) is 4.79 Å². The summed E-state index contributed by atoms with van der Waals surface area (Å²) in [5.74, 6) is 0.401. The minimum atomic E-state index is -0.0427. The maximum Gasteiger partial charge on any atom is 0.248 e. The average Bonchev–Trinajstić information content (AvgIpc) is 2.61. The molecule has 0 aromatic carbocycles. The van der Waals surface area contributed by atoms with Gasteiger partial charge in [0, 0.05) is 26.2 Å². The van der Waals surface area contributed by atoms with Crippen LogP contribution < -0.4 is 0 Å². The first-order chi connectivity index (χ1) is 8.93. The van der Waals surface area contributed by atoms with Gasteiger partial charge in [0.05, 0.1) is 11.5 Å². The summed E-state index contributed by atoms with van der Waals surface area (Å²) in [5, 5.41) is 0.149. The van der Waals surface area contributed by atoms with Gasteiger partial charge in [-0.2, -0.15) is 0 Å². The number of alkyl halides is 1. The summed E-state index contributed by atoms with van der Waals surface area (Å²) >= 11 is 6.50. The molecular formula is C14H23ClN2O2. The Kier molecular flexibility index (Phi) is 4.54. The molecule has 2 aliphatic rings. The SMILES string of the molecule is CC1C(Cl)C2CC=CC(OCC(=O)N(C)C)C2N1C. The maximum absolute atomic E-state index is 11.6. The number of likely N-dealkylation sites (N-methyl/N-ethyl adjacent to an activating group) is 2. The standard InChI is InChI=1S/C14H23ClN2O2/c1-9-13(15)10-6-5-7-11(14(10)17(9)4)19-8-12(18)16(2)3/h5,7,9-11,13-14H,6,8H2,1-4H3. The molecule has 0 aromatic rings. The van der Waals surface area contributed by atoms with Gasteiger partial charge in [0.1, 0.15) is 6.61 Å². The van der Waals surface area contributed by atoms with Crippen molar-refractivity contribution in [2.75, 3.05) is 27.7 Å². The van der Waals surface area contributed by atoms with Crippen LogP contribution in [0.3, 0.4) is 0 Å². The number of nitrogens with zero attached hydrogens (tertiary/aromatic N) is 2. The van der Waals surface area contributed by atoms with Crippen molar-refractivity contribution >= 4 is 17.5 Å². The van der Waals surface area contributed by atoms with E-state index < -0.39 is 0 Å². The van der Waals surface area contributed by atoms with E-state index in [1.54, 1.807) is 19.0 Å². The number of rotatable bonds is 3. The molecule has 1 amide bonds. The summed E-state index contributed by atoms with van der Waals surface area (Å²) in [6.45, 7) is 2.28. The Morgan fingerprint density at radius 3 is 2.84 bits per heavy atom. The smallest absolute Gasteiger partial charge is 0.248 e. The molecule has 2 rings (SSSR count). The van der Waals surface area contributed by atoms with Gasteiger partial charge >= 0.3 is 0 Å². The number of carbonyl (C=O) groups excluding carboxylic acids is 1. The largest absolute Gasteiger partial charge is 0.363 e. The lowest BCUT2D eigenvalue weighted by atomic mass is 9.87. The predicted molar refractivity (Wildman–Crippen MR) is 76.3 cm³/mol. The van der Waals surface area contributed by atoms with Gasteiger partial charge in [-0.15, -0.1) is 11.6 Å². The lowest BCUT2D eigenvalue weighted by Gasteiger charge is -2.34. The third-order valence-corrected chi connectivity index (χ3v) is 5.08. The van der Waals surface area contributed by atoms with E-state index >= 15 is 0 Å². The Hall–Kier alpha value is -0.580. The van der Waals surface area contributed by atoms with E-state index in [4.69, 9.17) is 16.3 Å². The first kappa shape index (κ1) is 14.8. The number of allylic oxidation sites excluding steroid dienone is 1. The fraction of sp³-hybridized carbons (Fsp3) is 0.786. The van der Waals surface area contributed by atoms with Gasteiger partial charge in [-0.3, -0.25) is 9.69 Å². The summed E-state index contributed by atoms with van der Waals surface area (Å²) in [5.41, 5.74) is 0. The molecule has 19 heavy (non-hydrogen) atoms. The highest BCUT2D eigenvalue weighted by Gasteiger charge is 2.48. The zero-order chi connectivity index (χ0) is 14.2. The first-order valence-corrected chi connectivity index (χ1v) is 7.21. The molecule has 108 valence electrons. The monoisotopic (exact) mass is 286 g/mol. The number of hydrogen-bond acceptors (Lipinski definition) is 3. The van der Waals surface area contributed by atoms with E-state index in [0.717, 1.165) is 6.42 Å². The van der Waals surface area contributed by atoms with E-state index in [1.165, 1.54) is 0 Å². The third kappa shape index (κ3) is 2.81. The Labute approximate surface area is 120 Å². The van der Waals surface area contributed by atoms with Crippen LogP contribution in [0.1, 0.15) is 13.3 Å². The van der Waals surface area contributed by atoms with Crippen molar-refractivity contribution in [2.24, 2.45) is 5.92 Å². The molecule has 0 bridgehead atoms. The Morgan fingerprint density at radius 2 is 2.21 bits per heavy atom. The molecule has 5 unspecified atom stereocenters. The second-order valence-electron chi connectivity index (χ2n) is 5.73.